The van der Waals surface area contributed by atoms with Gasteiger partial charge in [-0.3, -0.25) is 0 Å². The highest BCUT2D eigenvalue weighted by Crippen LogP contribution is 2.61. The lowest BCUT2D eigenvalue weighted by atomic mass is 9.83. The van der Waals surface area contributed by atoms with Crippen molar-refractivity contribution in [2.24, 2.45) is 5.92 Å². The molecule has 198 valence electrons. The number of ether oxygens (including phenoxy) is 1. The lowest BCUT2D eigenvalue weighted by Gasteiger charge is -2.42. The SMILES string of the molecule is CCC(C)Oc1ccc(C(O)C(C)C(F)(F)C(F)(F)C(F)(F)C(F)(F)C(F)(F)C(F)(F)F)cc1. The molecule has 1 N–H and O–H groups in total. The molecule has 1 aromatic carbocycles. The first-order chi connectivity index (χ1) is 15.0. The molecule has 0 fully saturated rings. The van der Waals surface area contributed by atoms with E-state index < -0.39 is 53.4 Å². The molecule has 3 atom stereocenters. The van der Waals surface area contributed by atoms with Gasteiger partial charge in [0.05, 0.1) is 18.1 Å². The molecule has 0 saturated carbocycles. The van der Waals surface area contributed by atoms with Crippen molar-refractivity contribution in [2.75, 3.05) is 0 Å². The van der Waals surface area contributed by atoms with E-state index in [9.17, 15) is 62.2 Å². The molecular formula is C19H19F13O2. The van der Waals surface area contributed by atoms with Crippen LogP contribution in [0.25, 0.3) is 0 Å². The van der Waals surface area contributed by atoms with Crippen molar-refractivity contribution in [3.63, 3.8) is 0 Å². The third-order valence-electron chi connectivity index (χ3n) is 5.14. The summed E-state index contributed by atoms with van der Waals surface area (Å²) in [6.07, 6.45) is -10.0. The number of hydrogen-bond acceptors (Lipinski definition) is 2. The topological polar surface area (TPSA) is 29.5 Å². The smallest absolute Gasteiger partial charge is 0.460 e. The van der Waals surface area contributed by atoms with Gasteiger partial charge >= 0.3 is 35.8 Å². The highest BCUT2D eigenvalue weighted by atomic mass is 19.4. The number of halogens is 13. The largest absolute Gasteiger partial charge is 0.491 e. The van der Waals surface area contributed by atoms with Crippen LogP contribution in [0.5, 0.6) is 5.75 Å². The summed E-state index contributed by atoms with van der Waals surface area (Å²) in [7, 11) is 0. The van der Waals surface area contributed by atoms with Crippen LogP contribution in [-0.2, 0) is 0 Å². The van der Waals surface area contributed by atoms with Gasteiger partial charge in [0.1, 0.15) is 5.75 Å². The van der Waals surface area contributed by atoms with Gasteiger partial charge < -0.3 is 9.84 Å². The Labute approximate surface area is 184 Å². The van der Waals surface area contributed by atoms with Gasteiger partial charge in [0.15, 0.2) is 0 Å². The Hall–Kier alpha value is -1.93. The summed E-state index contributed by atoms with van der Waals surface area (Å²) in [5, 5.41) is 9.95. The van der Waals surface area contributed by atoms with Crippen LogP contribution in [0.15, 0.2) is 24.3 Å². The molecule has 15 heteroatoms. The second kappa shape index (κ2) is 9.26. The first-order valence-electron chi connectivity index (χ1n) is 9.41. The van der Waals surface area contributed by atoms with E-state index in [-0.39, 0.29) is 18.8 Å². The summed E-state index contributed by atoms with van der Waals surface area (Å²) in [6.45, 7) is 3.39. The van der Waals surface area contributed by atoms with Crippen LogP contribution in [-0.4, -0.2) is 47.0 Å². The fraction of sp³-hybridized carbons (Fsp3) is 0.684. The molecule has 0 heterocycles. The minimum atomic E-state index is -7.98. The third-order valence-corrected chi connectivity index (χ3v) is 5.14. The highest BCUT2D eigenvalue weighted by Gasteiger charge is 2.91. The van der Waals surface area contributed by atoms with Crippen LogP contribution >= 0.6 is 0 Å². The van der Waals surface area contributed by atoms with Gasteiger partial charge in [-0.05, 0) is 31.0 Å². The predicted octanol–water partition coefficient (Wildman–Crippen LogP) is 7.27. The predicted molar refractivity (Wildman–Crippen MR) is 91.7 cm³/mol. The molecule has 34 heavy (non-hydrogen) atoms. The zero-order valence-corrected chi connectivity index (χ0v) is 17.5. The minimum Gasteiger partial charge on any atom is -0.491 e. The van der Waals surface area contributed by atoms with Crippen molar-refractivity contribution in [1.29, 1.82) is 0 Å². The lowest BCUT2D eigenvalue weighted by Crippen LogP contribution is -2.71. The molecule has 0 amide bonds. The maximum atomic E-state index is 14.3. The second-order valence-corrected chi connectivity index (χ2v) is 7.56. The highest BCUT2D eigenvalue weighted by molar-refractivity contribution is 5.29. The van der Waals surface area contributed by atoms with Gasteiger partial charge in [-0.25, -0.2) is 0 Å². The van der Waals surface area contributed by atoms with E-state index in [1.54, 1.807) is 13.8 Å². The van der Waals surface area contributed by atoms with Gasteiger partial charge in [-0.15, -0.1) is 0 Å². The van der Waals surface area contributed by atoms with Crippen molar-refractivity contribution in [2.45, 2.75) is 75.2 Å². The van der Waals surface area contributed by atoms with Gasteiger partial charge in [-0.2, -0.15) is 57.1 Å². The van der Waals surface area contributed by atoms with Gasteiger partial charge in [0.25, 0.3) is 0 Å². The van der Waals surface area contributed by atoms with Crippen LogP contribution in [0.4, 0.5) is 57.1 Å². The monoisotopic (exact) mass is 526 g/mol. The summed E-state index contributed by atoms with van der Waals surface area (Å²) < 4.78 is 178. The quantitative estimate of drug-likeness (QED) is 0.325. The first-order valence-corrected chi connectivity index (χ1v) is 9.41. The van der Waals surface area contributed by atoms with Crippen molar-refractivity contribution >= 4 is 0 Å². The average molecular weight is 526 g/mol. The Morgan fingerprint density at radius 3 is 1.50 bits per heavy atom. The number of aliphatic hydroxyl groups is 1. The molecule has 0 aliphatic carbocycles. The third kappa shape index (κ3) is 4.76. The summed E-state index contributed by atoms with van der Waals surface area (Å²) in [6, 6.07) is 3.83. The molecule has 0 spiro atoms. The molecule has 0 saturated heterocycles. The lowest BCUT2D eigenvalue weighted by molar-refractivity contribution is -0.444. The fourth-order valence-electron chi connectivity index (χ4n) is 2.61. The molecule has 0 radical (unpaired) electrons. The molecule has 2 nitrogen and oxygen atoms in total. The van der Waals surface area contributed by atoms with E-state index in [1.165, 1.54) is 0 Å². The Morgan fingerprint density at radius 2 is 1.12 bits per heavy atom. The molecular weight excluding hydrogens is 507 g/mol. The van der Waals surface area contributed by atoms with E-state index in [0.717, 1.165) is 24.3 Å². The Bertz CT molecular complexity index is 818. The first kappa shape index (κ1) is 30.1. The van der Waals surface area contributed by atoms with Crippen LogP contribution in [0, 0.1) is 5.92 Å². The van der Waals surface area contributed by atoms with E-state index in [2.05, 4.69) is 0 Å². The maximum absolute atomic E-state index is 14.3. The number of hydrogen-bond donors (Lipinski definition) is 1. The van der Waals surface area contributed by atoms with Crippen LogP contribution in [0.3, 0.4) is 0 Å². The summed E-state index contributed by atoms with van der Waals surface area (Å²) >= 11 is 0. The van der Waals surface area contributed by atoms with E-state index in [4.69, 9.17) is 4.74 Å². The van der Waals surface area contributed by atoms with E-state index >= 15 is 0 Å². The van der Waals surface area contributed by atoms with Gasteiger partial charge in [-0.1, -0.05) is 26.0 Å². The molecule has 0 aliphatic rings. The minimum absolute atomic E-state index is 0.00172. The summed E-state index contributed by atoms with van der Waals surface area (Å²) in [5.41, 5.74) is -0.616. The van der Waals surface area contributed by atoms with Gasteiger partial charge in [0, 0.05) is 0 Å². The molecule has 1 rings (SSSR count). The summed E-state index contributed by atoms with van der Waals surface area (Å²) in [5.74, 6) is -40.8. The fourth-order valence-corrected chi connectivity index (χ4v) is 2.61. The van der Waals surface area contributed by atoms with E-state index in [0.29, 0.717) is 6.42 Å². The van der Waals surface area contributed by atoms with Crippen LogP contribution in [0.2, 0.25) is 0 Å². The molecule has 0 aromatic heterocycles. The Kier molecular flexibility index (Phi) is 8.20. The number of aliphatic hydroxyl groups excluding tert-OH is 1. The zero-order chi connectivity index (χ0) is 27.1. The van der Waals surface area contributed by atoms with E-state index in [1.807, 2.05) is 0 Å². The Balaban J connectivity index is 3.34. The Morgan fingerprint density at radius 1 is 0.706 bits per heavy atom. The second-order valence-electron chi connectivity index (χ2n) is 7.56. The van der Waals surface area contributed by atoms with Crippen LogP contribution in [0.1, 0.15) is 38.9 Å². The van der Waals surface area contributed by atoms with Crippen molar-refractivity contribution in [1.82, 2.24) is 0 Å². The van der Waals surface area contributed by atoms with Crippen molar-refractivity contribution in [3.05, 3.63) is 29.8 Å². The molecule has 0 bridgehead atoms. The number of benzene rings is 1. The van der Waals surface area contributed by atoms with Gasteiger partial charge in [0.2, 0.25) is 0 Å². The standard InChI is InChI=1S/C19H19F13O2/c1-4-9(2)34-12-7-5-11(6-8-12)13(33)10(3)14(20,21)15(22,23)16(24,25)17(26,27)18(28,29)19(30,31)32/h5-10,13,33H,4H2,1-3H3. The maximum Gasteiger partial charge on any atom is 0.460 e. The number of alkyl halides is 13. The average Bonchev–Trinajstić information content (AvgIpc) is 2.71. The summed E-state index contributed by atoms with van der Waals surface area (Å²) in [4.78, 5) is 0. The van der Waals surface area contributed by atoms with Crippen molar-refractivity contribution < 1.29 is 66.9 Å². The normalized spacial score (nSPS) is 17.3. The zero-order valence-electron chi connectivity index (χ0n) is 17.5. The molecule has 1 aromatic rings. The molecule has 0 aliphatic heterocycles. The molecule has 3 unspecified atom stereocenters. The number of rotatable bonds is 10. The van der Waals surface area contributed by atoms with Crippen molar-refractivity contribution in [3.8, 4) is 5.75 Å². The van der Waals surface area contributed by atoms with Crippen LogP contribution < -0.4 is 4.74 Å².